The molecule has 0 aliphatic heterocycles. The Morgan fingerprint density at radius 2 is 1.88 bits per heavy atom. The van der Waals surface area contributed by atoms with Crippen LogP contribution in [0, 0.1) is 0 Å². The number of hydrogen-bond donors (Lipinski definition) is 2. The van der Waals surface area contributed by atoms with Crippen LogP contribution in [0.1, 0.15) is 41.5 Å². The Labute approximate surface area is 151 Å². The van der Waals surface area contributed by atoms with E-state index in [1.54, 1.807) is 6.07 Å². The molecule has 0 fully saturated rings. The first kappa shape index (κ1) is 17.7. The summed E-state index contributed by atoms with van der Waals surface area (Å²) in [7, 11) is 0. The largest absolute Gasteiger partial charge is 0.451 e. The van der Waals surface area contributed by atoms with Crippen molar-refractivity contribution in [3.63, 3.8) is 0 Å². The van der Waals surface area contributed by atoms with Crippen LogP contribution >= 0.6 is 0 Å². The minimum Gasteiger partial charge on any atom is -0.451 e. The molecule has 1 atom stereocenters. The average molecular weight is 351 g/mol. The van der Waals surface area contributed by atoms with Crippen molar-refractivity contribution in [2.45, 2.75) is 26.3 Å². The molecule has 1 amide bonds. The molecule has 0 aliphatic carbocycles. The predicted octanol–water partition coefficient (Wildman–Crippen LogP) is 3.16. The number of H-pyrrole nitrogens is 1. The number of nitrogens with one attached hydrogen (secondary N) is 2. The van der Waals surface area contributed by atoms with Crippen molar-refractivity contribution in [3.05, 3.63) is 65.4 Å². The lowest BCUT2D eigenvalue weighted by Gasteiger charge is -2.14. The maximum atomic E-state index is 12.2. The molecule has 134 valence electrons. The number of fused-ring (bicyclic) bond motifs is 1. The standard InChI is InChI=1S/C20H21N3O3/c1-3-14-8-10-15(11-9-14)13(2)21-18(24)12-26-20(25)19-16-6-4-5-7-17(16)22-23-19/h4-11,13H,3,12H2,1-2H3,(H,21,24)(H,22,23)/t13-/m1/s1. The Balaban J connectivity index is 1.55. The fourth-order valence-electron chi connectivity index (χ4n) is 2.73. The molecule has 0 saturated carbocycles. The molecule has 1 aromatic heterocycles. The Morgan fingerprint density at radius 1 is 1.15 bits per heavy atom. The van der Waals surface area contributed by atoms with Gasteiger partial charge in [-0.2, -0.15) is 5.10 Å². The molecule has 0 aliphatic rings. The first-order valence-electron chi connectivity index (χ1n) is 8.57. The molecule has 0 saturated heterocycles. The lowest BCUT2D eigenvalue weighted by Crippen LogP contribution is -2.31. The molecule has 0 radical (unpaired) electrons. The van der Waals surface area contributed by atoms with Crippen molar-refractivity contribution in [2.24, 2.45) is 0 Å². The van der Waals surface area contributed by atoms with Gasteiger partial charge in [-0.25, -0.2) is 4.79 Å². The van der Waals surface area contributed by atoms with Gasteiger partial charge in [0.25, 0.3) is 5.91 Å². The van der Waals surface area contributed by atoms with Crippen LogP contribution in [0.3, 0.4) is 0 Å². The number of esters is 1. The fraction of sp³-hybridized carbons (Fsp3) is 0.250. The summed E-state index contributed by atoms with van der Waals surface area (Å²) in [5.41, 5.74) is 3.16. The van der Waals surface area contributed by atoms with Crippen LogP contribution in [0.25, 0.3) is 10.9 Å². The number of carbonyl (C=O) groups excluding carboxylic acids is 2. The number of aromatic nitrogens is 2. The van der Waals surface area contributed by atoms with Crippen LogP contribution in [-0.4, -0.2) is 28.7 Å². The lowest BCUT2D eigenvalue weighted by molar-refractivity contribution is -0.124. The van der Waals surface area contributed by atoms with Crippen LogP contribution in [0.15, 0.2) is 48.5 Å². The SMILES string of the molecule is CCc1ccc([C@@H](C)NC(=O)COC(=O)c2n[nH]c3ccccc23)cc1. The van der Waals surface area contributed by atoms with Crippen LogP contribution in [0.4, 0.5) is 0 Å². The third-order valence-corrected chi connectivity index (χ3v) is 4.26. The van der Waals surface area contributed by atoms with Crippen molar-refractivity contribution < 1.29 is 14.3 Å². The van der Waals surface area contributed by atoms with E-state index in [1.165, 1.54) is 5.56 Å². The Hall–Kier alpha value is -3.15. The maximum absolute atomic E-state index is 12.2. The highest BCUT2D eigenvalue weighted by atomic mass is 16.5. The van der Waals surface area contributed by atoms with Gasteiger partial charge in [-0.1, -0.05) is 49.4 Å². The molecule has 6 nitrogen and oxygen atoms in total. The maximum Gasteiger partial charge on any atom is 0.359 e. The zero-order valence-corrected chi connectivity index (χ0v) is 14.8. The van der Waals surface area contributed by atoms with Crippen molar-refractivity contribution in [2.75, 3.05) is 6.61 Å². The van der Waals surface area contributed by atoms with Crippen LogP contribution < -0.4 is 5.32 Å². The number of hydrogen-bond acceptors (Lipinski definition) is 4. The summed E-state index contributed by atoms with van der Waals surface area (Å²) < 4.78 is 5.10. The first-order chi connectivity index (χ1) is 12.6. The Kier molecular flexibility index (Phi) is 5.31. The Bertz CT molecular complexity index is 915. The number of aromatic amines is 1. The lowest BCUT2D eigenvalue weighted by atomic mass is 10.1. The second-order valence-corrected chi connectivity index (χ2v) is 6.08. The minimum atomic E-state index is -0.627. The number of benzene rings is 2. The molecular weight excluding hydrogens is 330 g/mol. The molecule has 2 aromatic carbocycles. The van der Waals surface area contributed by atoms with Gasteiger partial charge in [0, 0.05) is 5.39 Å². The first-order valence-corrected chi connectivity index (χ1v) is 8.57. The highest BCUT2D eigenvalue weighted by Gasteiger charge is 2.17. The van der Waals surface area contributed by atoms with Gasteiger partial charge >= 0.3 is 5.97 Å². The fourth-order valence-corrected chi connectivity index (χ4v) is 2.73. The topological polar surface area (TPSA) is 84.1 Å². The molecule has 1 heterocycles. The summed E-state index contributed by atoms with van der Waals surface area (Å²) in [4.78, 5) is 24.2. The summed E-state index contributed by atoms with van der Waals surface area (Å²) >= 11 is 0. The molecule has 0 bridgehead atoms. The van der Waals surface area contributed by atoms with Gasteiger partial charge in [0.1, 0.15) is 0 Å². The van der Waals surface area contributed by atoms with E-state index in [0.717, 1.165) is 17.5 Å². The van der Waals surface area contributed by atoms with Gasteiger partial charge in [-0.05, 0) is 30.5 Å². The van der Waals surface area contributed by atoms with Gasteiger partial charge in [0.15, 0.2) is 12.3 Å². The van der Waals surface area contributed by atoms with E-state index in [9.17, 15) is 9.59 Å². The van der Waals surface area contributed by atoms with Crippen molar-refractivity contribution in [1.29, 1.82) is 0 Å². The predicted molar refractivity (Wildman–Crippen MR) is 98.8 cm³/mol. The molecule has 0 unspecified atom stereocenters. The van der Waals surface area contributed by atoms with Crippen molar-refractivity contribution >= 4 is 22.8 Å². The minimum absolute atomic E-state index is 0.168. The molecule has 6 heteroatoms. The van der Waals surface area contributed by atoms with E-state index in [2.05, 4.69) is 22.4 Å². The zero-order chi connectivity index (χ0) is 18.5. The van der Waals surface area contributed by atoms with E-state index < -0.39 is 5.97 Å². The highest BCUT2D eigenvalue weighted by Crippen LogP contribution is 2.16. The number of rotatable bonds is 6. The molecule has 0 spiro atoms. The molecule has 2 N–H and O–H groups in total. The summed E-state index contributed by atoms with van der Waals surface area (Å²) in [6, 6.07) is 15.1. The van der Waals surface area contributed by atoms with Gasteiger partial charge < -0.3 is 10.1 Å². The van der Waals surface area contributed by atoms with Gasteiger partial charge in [0.05, 0.1) is 11.6 Å². The summed E-state index contributed by atoms with van der Waals surface area (Å²) in [6.45, 7) is 3.64. The van der Waals surface area contributed by atoms with E-state index in [0.29, 0.717) is 5.39 Å². The molecule has 3 aromatic rings. The van der Waals surface area contributed by atoms with Crippen molar-refractivity contribution in [1.82, 2.24) is 15.5 Å². The van der Waals surface area contributed by atoms with Crippen LogP contribution in [-0.2, 0) is 16.0 Å². The third kappa shape index (κ3) is 3.91. The average Bonchev–Trinajstić information content (AvgIpc) is 3.10. The summed E-state index contributed by atoms with van der Waals surface area (Å²) in [5.74, 6) is -0.984. The Morgan fingerprint density at radius 3 is 2.62 bits per heavy atom. The molecular formula is C20H21N3O3. The normalized spacial score (nSPS) is 11.9. The van der Waals surface area contributed by atoms with Gasteiger partial charge in [0.2, 0.25) is 0 Å². The van der Waals surface area contributed by atoms with E-state index in [4.69, 9.17) is 4.74 Å². The second-order valence-electron chi connectivity index (χ2n) is 6.08. The number of carbonyl (C=O) groups is 2. The van der Waals surface area contributed by atoms with Crippen LogP contribution in [0.5, 0.6) is 0 Å². The highest BCUT2D eigenvalue weighted by molar-refractivity contribution is 6.02. The molecule has 26 heavy (non-hydrogen) atoms. The third-order valence-electron chi connectivity index (χ3n) is 4.26. The number of nitrogens with zero attached hydrogens (tertiary/aromatic N) is 1. The summed E-state index contributed by atoms with van der Waals surface area (Å²) in [6.07, 6.45) is 0.971. The number of ether oxygens (including phenoxy) is 1. The zero-order valence-electron chi connectivity index (χ0n) is 14.8. The second kappa shape index (κ2) is 7.82. The monoisotopic (exact) mass is 351 g/mol. The number of para-hydroxylation sites is 1. The molecule has 3 rings (SSSR count). The van der Waals surface area contributed by atoms with E-state index >= 15 is 0 Å². The smallest absolute Gasteiger partial charge is 0.359 e. The van der Waals surface area contributed by atoms with Crippen LogP contribution in [0.2, 0.25) is 0 Å². The quantitative estimate of drug-likeness (QED) is 0.668. The van der Waals surface area contributed by atoms with E-state index in [-0.39, 0.29) is 24.2 Å². The number of aryl methyl sites for hydroxylation is 1. The number of amides is 1. The van der Waals surface area contributed by atoms with E-state index in [1.807, 2.05) is 49.4 Å². The van der Waals surface area contributed by atoms with Gasteiger partial charge in [-0.15, -0.1) is 0 Å². The van der Waals surface area contributed by atoms with Gasteiger partial charge in [-0.3, -0.25) is 9.89 Å². The van der Waals surface area contributed by atoms with Crippen molar-refractivity contribution in [3.8, 4) is 0 Å². The summed E-state index contributed by atoms with van der Waals surface area (Å²) in [5, 5.41) is 10.2.